The van der Waals surface area contributed by atoms with Gasteiger partial charge in [-0.25, -0.2) is 4.79 Å². The molecule has 1 fully saturated rings. The van der Waals surface area contributed by atoms with Crippen LogP contribution in [-0.4, -0.2) is 41.1 Å². The first kappa shape index (κ1) is 19.6. The molecule has 1 aliphatic heterocycles. The molecule has 3 rings (SSSR count). The Balaban J connectivity index is 1.76. The van der Waals surface area contributed by atoms with Gasteiger partial charge in [0, 0.05) is 16.3 Å². The highest BCUT2D eigenvalue weighted by molar-refractivity contribution is 6.30. The summed E-state index contributed by atoms with van der Waals surface area (Å²) in [6.45, 7) is 2.54. The molecule has 4 amide bonds. The fourth-order valence-corrected chi connectivity index (χ4v) is 3.17. The quantitative estimate of drug-likeness (QED) is 0.617. The zero-order valence-corrected chi connectivity index (χ0v) is 16.1. The third-order valence-electron chi connectivity index (χ3n) is 4.43. The van der Waals surface area contributed by atoms with Crippen molar-refractivity contribution in [1.82, 2.24) is 4.90 Å². The van der Waals surface area contributed by atoms with Crippen molar-refractivity contribution in [3.8, 4) is 0 Å². The molecule has 1 aliphatic rings. The maximum Gasteiger partial charge on any atom is 0.332 e. The summed E-state index contributed by atoms with van der Waals surface area (Å²) < 4.78 is 0. The van der Waals surface area contributed by atoms with Crippen LogP contribution in [0.1, 0.15) is 24.2 Å². The average molecular weight is 400 g/mol. The van der Waals surface area contributed by atoms with Gasteiger partial charge in [-0.3, -0.25) is 24.2 Å². The van der Waals surface area contributed by atoms with Gasteiger partial charge in [-0.2, -0.15) is 0 Å². The van der Waals surface area contributed by atoms with Gasteiger partial charge in [0.15, 0.2) is 5.78 Å². The third kappa shape index (κ3) is 3.75. The Morgan fingerprint density at radius 3 is 2.36 bits per heavy atom. The predicted molar refractivity (Wildman–Crippen MR) is 106 cm³/mol. The van der Waals surface area contributed by atoms with Crippen molar-refractivity contribution in [2.75, 3.05) is 16.8 Å². The van der Waals surface area contributed by atoms with E-state index in [0.29, 0.717) is 22.0 Å². The molecule has 144 valence electrons. The summed E-state index contributed by atoms with van der Waals surface area (Å²) in [7, 11) is 0. The van der Waals surface area contributed by atoms with Gasteiger partial charge in [-0.1, -0.05) is 23.7 Å². The molecule has 7 nitrogen and oxygen atoms in total. The predicted octanol–water partition coefficient (Wildman–Crippen LogP) is 3.34. The summed E-state index contributed by atoms with van der Waals surface area (Å²) in [5.74, 6) is -1.25. The summed E-state index contributed by atoms with van der Waals surface area (Å²) in [5, 5.41) is 3.10. The van der Waals surface area contributed by atoms with Crippen molar-refractivity contribution >= 4 is 46.6 Å². The summed E-state index contributed by atoms with van der Waals surface area (Å²) in [6.07, 6.45) is 0. The van der Waals surface area contributed by atoms with Gasteiger partial charge in [0.1, 0.15) is 12.6 Å². The van der Waals surface area contributed by atoms with Gasteiger partial charge in [0.2, 0.25) is 5.91 Å². The lowest BCUT2D eigenvalue weighted by Crippen LogP contribution is -2.39. The number of amides is 4. The number of carbonyl (C=O) groups is 4. The van der Waals surface area contributed by atoms with Gasteiger partial charge in [-0.15, -0.1) is 0 Å². The Morgan fingerprint density at radius 1 is 1.07 bits per heavy atom. The van der Waals surface area contributed by atoms with Gasteiger partial charge in [-0.05, 0) is 50.2 Å². The highest BCUT2D eigenvalue weighted by Crippen LogP contribution is 2.27. The number of nitrogens with zero attached hydrogens (tertiary/aromatic N) is 2. The fourth-order valence-electron chi connectivity index (χ4n) is 3.04. The molecule has 1 saturated heterocycles. The molecule has 0 saturated carbocycles. The van der Waals surface area contributed by atoms with Crippen molar-refractivity contribution in [3.63, 3.8) is 0 Å². The van der Waals surface area contributed by atoms with Crippen molar-refractivity contribution in [3.05, 3.63) is 59.1 Å². The monoisotopic (exact) mass is 399 g/mol. The molecule has 2 aromatic carbocycles. The number of anilines is 2. The van der Waals surface area contributed by atoms with Crippen LogP contribution in [0.25, 0.3) is 0 Å². The summed E-state index contributed by atoms with van der Waals surface area (Å²) in [4.78, 5) is 51.6. The lowest BCUT2D eigenvalue weighted by atomic mass is 10.1. The van der Waals surface area contributed by atoms with Crippen LogP contribution < -0.4 is 10.2 Å². The molecular weight excluding hydrogens is 382 g/mol. The minimum atomic E-state index is -0.744. The normalized spacial score (nSPS) is 16.5. The Kier molecular flexibility index (Phi) is 5.46. The van der Waals surface area contributed by atoms with E-state index < -0.39 is 30.4 Å². The van der Waals surface area contributed by atoms with E-state index in [-0.39, 0.29) is 5.78 Å². The fraction of sp³-hybridized carbons (Fsp3) is 0.200. The van der Waals surface area contributed by atoms with Crippen LogP contribution in [0.4, 0.5) is 16.2 Å². The maximum absolute atomic E-state index is 12.7. The van der Waals surface area contributed by atoms with Gasteiger partial charge < -0.3 is 5.32 Å². The number of Topliss-reactive ketones (excluding diaryl/α,β-unsaturated/α-hetero) is 1. The Labute approximate surface area is 166 Å². The molecule has 0 spiro atoms. The molecule has 0 aromatic heterocycles. The first-order valence-corrected chi connectivity index (χ1v) is 8.97. The third-order valence-corrected chi connectivity index (χ3v) is 4.69. The van der Waals surface area contributed by atoms with Crippen LogP contribution >= 0.6 is 11.6 Å². The zero-order valence-electron chi connectivity index (χ0n) is 15.3. The van der Waals surface area contributed by atoms with Gasteiger partial charge in [0.25, 0.3) is 5.91 Å². The molecule has 0 bridgehead atoms. The number of ketones is 1. The SMILES string of the molecule is CC(=O)c1ccccc1NC(=O)CN1C(=O)C(C)N(c2ccc(Cl)cc2)C1=O. The molecule has 1 N–H and O–H groups in total. The number of carbonyl (C=O) groups excluding carboxylic acids is 4. The minimum absolute atomic E-state index is 0.202. The number of rotatable bonds is 5. The second-order valence-electron chi connectivity index (χ2n) is 6.38. The summed E-state index contributed by atoms with van der Waals surface area (Å²) in [5.41, 5.74) is 1.20. The van der Waals surface area contributed by atoms with Crippen LogP contribution in [0, 0.1) is 0 Å². The number of hydrogen-bond donors (Lipinski definition) is 1. The zero-order chi connectivity index (χ0) is 20.4. The number of urea groups is 1. The second kappa shape index (κ2) is 7.82. The highest BCUT2D eigenvalue weighted by atomic mass is 35.5. The smallest absolute Gasteiger partial charge is 0.324 e. The first-order valence-electron chi connectivity index (χ1n) is 8.59. The van der Waals surface area contributed by atoms with E-state index in [9.17, 15) is 19.2 Å². The van der Waals surface area contributed by atoms with E-state index in [1.165, 1.54) is 11.8 Å². The summed E-state index contributed by atoms with van der Waals surface area (Å²) >= 11 is 5.87. The molecule has 1 unspecified atom stereocenters. The number of imide groups is 1. The lowest BCUT2D eigenvalue weighted by Gasteiger charge is -2.19. The van der Waals surface area contributed by atoms with E-state index in [1.54, 1.807) is 55.5 Å². The number of halogens is 1. The molecule has 2 aromatic rings. The van der Waals surface area contributed by atoms with Gasteiger partial charge >= 0.3 is 6.03 Å². The standard InChI is InChI=1S/C20H18ClN3O4/c1-12-19(27)23(20(28)24(12)15-9-7-14(21)8-10-15)11-18(26)22-17-6-4-3-5-16(17)13(2)25/h3-10,12H,11H2,1-2H3,(H,22,26). The Hall–Kier alpha value is -3.19. The van der Waals surface area contributed by atoms with Crippen LogP contribution in [0.5, 0.6) is 0 Å². The Bertz CT molecular complexity index is 958. The molecule has 1 atom stereocenters. The highest BCUT2D eigenvalue weighted by Gasteiger charge is 2.44. The van der Waals surface area contributed by atoms with Crippen molar-refractivity contribution in [2.24, 2.45) is 0 Å². The van der Waals surface area contributed by atoms with Crippen molar-refractivity contribution in [2.45, 2.75) is 19.9 Å². The maximum atomic E-state index is 12.7. The van der Waals surface area contributed by atoms with Crippen molar-refractivity contribution < 1.29 is 19.2 Å². The number of benzene rings is 2. The van der Waals surface area contributed by atoms with Crippen LogP contribution in [-0.2, 0) is 9.59 Å². The van der Waals surface area contributed by atoms with Crippen LogP contribution in [0.15, 0.2) is 48.5 Å². The topological polar surface area (TPSA) is 86.8 Å². The van der Waals surface area contributed by atoms with Crippen LogP contribution in [0.3, 0.4) is 0 Å². The molecule has 1 heterocycles. The van der Waals surface area contributed by atoms with E-state index in [4.69, 9.17) is 11.6 Å². The largest absolute Gasteiger partial charge is 0.332 e. The minimum Gasteiger partial charge on any atom is -0.324 e. The van der Waals surface area contributed by atoms with Crippen molar-refractivity contribution in [1.29, 1.82) is 0 Å². The van der Waals surface area contributed by atoms with E-state index in [0.717, 1.165) is 4.90 Å². The number of para-hydroxylation sites is 1. The average Bonchev–Trinajstić information content (AvgIpc) is 2.86. The molecular formula is C20H18ClN3O4. The molecule has 8 heteroatoms. The first-order chi connectivity index (χ1) is 13.3. The van der Waals surface area contributed by atoms with E-state index in [1.807, 2.05) is 0 Å². The number of nitrogens with one attached hydrogen (secondary N) is 1. The molecule has 0 radical (unpaired) electrons. The second-order valence-corrected chi connectivity index (χ2v) is 6.82. The Morgan fingerprint density at radius 2 is 1.71 bits per heavy atom. The summed E-state index contributed by atoms with van der Waals surface area (Å²) in [6, 6.07) is 11.7. The van der Waals surface area contributed by atoms with Crippen LogP contribution in [0.2, 0.25) is 5.02 Å². The molecule has 0 aliphatic carbocycles. The number of hydrogen-bond acceptors (Lipinski definition) is 4. The van der Waals surface area contributed by atoms with E-state index >= 15 is 0 Å². The van der Waals surface area contributed by atoms with Gasteiger partial charge in [0.05, 0.1) is 5.69 Å². The molecule has 28 heavy (non-hydrogen) atoms. The van der Waals surface area contributed by atoms with E-state index in [2.05, 4.69) is 5.32 Å². The lowest BCUT2D eigenvalue weighted by molar-refractivity contribution is -0.130.